The molecule has 0 N–H and O–H groups in total. The fourth-order valence-electron chi connectivity index (χ4n) is 3.95. The van der Waals surface area contributed by atoms with Crippen LogP contribution in [0.25, 0.3) is 11.0 Å². The molecule has 1 atom stereocenters. The molecule has 2 heterocycles. The standard InChI is InChI=1S/C22H24N4O2/c1-24-18-12-7-6-11-17(18)23-22(24)25(2)21(28)19-13-8-14-26(19)20(27)15-16-9-4-3-5-10-16/h3-7,9-12,19H,8,13-15H2,1-2H3. The van der Waals surface area contributed by atoms with Crippen LogP contribution in [0.2, 0.25) is 0 Å². The van der Waals surface area contributed by atoms with Gasteiger partial charge in [-0.3, -0.25) is 14.5 Å². The monoisotopic (exact) mass is 376 g/mol. The zero-order valence-corrected chi connectivity index (χ0v) is 16.2. The lowest BCUT2D eigenvalue weighted by molar-refractivity contribution is -0.136. The highest BCUT2D eigenvalue weighted by atomic mass is 16.2. The predicted molar refractivity (Wildman–Crippen MR) is 109 cm³/mol. The number of anilines is 1. The number of nitrogens with zero attached hydrogens (tertiary/aromatic N) is 4. The Kier molecular flexibility index (Phi) is 4.86. The van der Waals surface area contributed by atoms with E-state index in [-0.39, 0.29) is 11.8 Å². The molecule has 6 heteroatoms. The van der Waals surface area contributed by atoms with Gasteiger partial charge in [0.15, 0.2) is 0 Å². The lowest BCUT2D eigenvalue weighted by Gasteiger charge is -2.27. The smallest absolute Gasteiger partial charge is 0.251 e. The molecule has 1 aliphatic heterocycles. The van der Waals surface area contributed by atoms with Crippen molar-refractivity contribution in [3.8, 4) is 0 Å². The van der Waals surface area contributed by atoms with Crippen molar-refractivity contribution in [1.82, 2.24) is 14.5 Å². The number of imidazole rings is 1. The van der Waals surface area contributed by atoms with Crippen LogP contribution in [0.15, 0.2) is 54.6 Å². The third-order valence-corrected chi connectivity index (χ3v) is 5.45. The van der Waals surface area contributed by atoms with Gasteiger partial charge in [0.1, 0.15) is 6.04 Å². The lowest BCUT2D eigenvalue weighted by atomic mass is 10.1. The number of aryl methyl sites for hydroxylation is 1. The summed E-state index contributed by atoms with van der Waals surface area (Å²) >= 11 is 0. The van der Waals surface area contributed by atoms with Crippen molar-refractivity contribution in [3.05, 3.63) is 60.2 Å². The Balaban J connectivity index is 1.54. The minimum atomic E-state index is -0.430. The molecule has 0 radical (unpaired) electrons. The number of likely N-dealkylation sites (N-methyl/N-ethyl adjacent to an activating group) is 1. The van der Waals surface area contributed by atoms with Gasteiger partial charge in [-0.1, -0.05) is 42.5 Å². The molecule has 0 spiro atoms. The number of carbonyl (C=O) groups excluding carboxylic acids is 2. The largest absolute Gasteiger partial charge is 0.330 e. The first-order valence-corrected chi connectivity index (χ1v) is 9.58. The van der Waals surface area contributed by atoms with Gasteiger partial charge >= 0.3 is 0 Å². The van der Waals surface area contributed by atoms with Crippen LogP contribution in [-0.2, 0) is 23.1 Å². The van der Waals surface area contributed by atoms with Crippen LogP contribution in [0, 0.1) is 0 Å². The van der Waals surface area contributed by atoms with Gasteiger partial charge in [0.05, 0.1) is 17.5 Å². The highest BCUT2D eigenvalue weighted by molar-refractivity contribution is 5.99. The number of fused-ring (bicyclic) bond motifs is 1. The Hall–Kier alpha value is -3.15. The van der Waals surface area contributed by atoms with E-state index < -0.39 is 6.04 Å². The Bertz CT molecular complexity index is 1010. The summed E-state index contributed by atoms with van der Waals surface area (Å²) in [6, 6.07) is 17.0. The SMILES string of the molecule is CN(C(=O)C1CCCN1C(=O)Cc1ccccc1)c1nc2ccccc2n1C. The second kappa shape index (κ2) is 7.46. The Morgan fingerprint density at radius 3 is 2.57 bits per heavy atom. The number of amides is 2. The second-order valence-electron chi connectivity index (χ2n) is 7.26. The average molecular weight is 376 g/mol. The summed E-state index contributed by atoms with van der Waals surface area (Å²) in [6.45, 7) is 0.623. The summed E-state index contributed by atoms with van der Waals surface area (Å²) in [5.41, 5.74) is 2.79. The van der Waals surface area contributed by atoms with Crippen LogP contribution < -0.4 is 4.90 Å². The van der Waals surface area contributed by atoms with Crippen molar-refractivity contribution in [2.24, 2.45) is 7.05 Å². The number of likely N-dealkylation sites (tertiary alicyclic amines) is 1. The molecule has 3 aromatic rings. The van der Waals surface area contributed by atoms with Crippen molar-refractivity contribution in [3.63, 3.8) is 0 Å². The van der Waals surface area contributed by atoms with Crippen LogP contribution in [0.4, 0.5) is 5.95 Å². The molecular weight excluding hydrogens is 352 g/mol. The van der Waals surface area contributed by atoms with Gasteiger partial charge in [-0.05, 0) is 30.5 Å². The van der Waals surface area contributed by atoms with Crippen LogP contribution in [-0.4, -0.2) is 45.9 Å². The molecule has 1 fully saturated rings. The van der Waals surface area contributed by atoms with Gasteiger partial charge in [0, 0.05) is 20.6 Å². The molecule has 144 valence electrons. The first-order chi connectivity index (χ1) is 13.6. The highest BCUT2D eigenvalue weighted by Crippen LogP contribution is 2.25. The Morgan fingerprint density at radius 2 is 1.82 bits per heavy atom. The second-order valence-corrected chi connectivity index (χ2v) is 7.26. The van der Waals surface area contributed by atoms with Crippen LogP contribution in [0.5, 0.6) is 0 Å². The van der Waals surface area contributed by atoms with E-state index in [4.69, 9.17) is 0 Å². The van der Waals surface area contributed by atoms with Gasteiger partial charge in [-0.25, -0.2) is 4.98 Å². The van der Waals surface area contributed by atoms with E-state index in [9.17, 15) is 9.59 Å². The normalized spacial score (nSPS) is 16.5. The van der Waals surface area contributed by atoms with Gasteiger partial charge in [0.2, 0.25) is 11.9 Å². The van der Waals surface area contributed by atoms with Crippen LogP contribution in [0.1, 0.15) is 18.4 Å². The molecule has 1 saturated heterocycles. The first kappa shape index (κ1) is 18.2. The lowest BCUT2D eigenvalue weighted by Crippen LogP contribution is -2.47. The third-order valence-electron chi connectivity index (χ3n) is 5.45. The summed E-state index contributed by atoms with van der Waals surface area (Å²) in [5, 5.41) is 0. The first-order valence-electron chi connectivity index (χ1n) is 9.58. The molecule has 2 amide bonds. The quantitative estimate of drug-likeness (QED) is 0.704. The maximum Gasteiger partial charge on any atom is 0.251 e. The molecule has 28 heavy (non-hydrogen) atoms. The zero-order chi connectivity index (χ0) is 19.7. The number of rotatable bonds is 4. The van der Waals surface area contributed by atoms with Crippen LogP contribution >= 0.6 is 0 Å². The van der Waals surface area contributed by atoms with Crippen molar-refractivity contribution in [2.45, 2.75) is 25.3 Å². The van der Waals surface area contributed by atoms with Crippen molar-refractivity contribution in [1.29, 1.82) is 0 Å². The Labute approximate surface area is 164 Å². The summed E-state index contributed by atoms with van der Waals surface area (Å²) in [5.74, 6) is 0.506. The van der Waals surface area contributed by atoms with Crippen LogP contribution in [0.3, 0.4) is 0 Å². The van der Waals surface area contributed by atoms with Gasteiger partial charge in [-0.2, -0.15) is 0 Å². The zero-order valence-electron chi connectivity index (χ0n) is 16.2. The molecular formula is C22H24N4O2. The third kappa shape index (κ3) is 3.26. The summed E-state index contributed by atoms with van der Waals surface area (Å²) in [4.78, 5) is 34.0. The van der Waals surface area contributed by atoms with E-state index >= 15 is 0 Å². The molecule has 1 aliphatic rings. The number of carbonyl (C=O) groups is 2. The van der Waals surface area contributed by atoms with E-state index in [1.54, 1.807) is 16.8 Å². The van der Waals surface area contributed by atoms with Gasteiger partial charge in [-0.15, -0.1) is 0 Å². The number of aromatic nitrogens is 2. The number of hydrogen-bond donors (Lipinski definition) is 0. The molecule has 1 aromatic heterocycles. The van der Waals surface area contributed by atoms with Crippen molar-refractivity contribution in [2.75, 3.05) is 18.5 Å². The van der Waals surface area contributed by atoms with E-state index in [0.717, 1.165) is 23.0 Å². The summed E-state index contributed by atoms with van der Waals surface area (Å²) in [6.07, 6.45) is 1.85. The van der Waals surface area contributed by atoms with Gasteiger partial charge < -0.3 is 9.47 Å². The van der Waals surface area contributed by atoms with Crippen molar-refractivity contribution >= 4 is 28.8 Å². The summed E-state index contributed by atoms with van der Waals surface area (Å²) in [7, 11) is 3.64. The minimum Gasteiger partial charge on any atom is -0.330 e. The minimum absolute atomic E-state index is 0.000418. The van der Waals surface area contributed by atoms with E-state index in [1.165, 1.54) is 0 Å². The molecule has 6 nitrogen and oxygen atoms in total. The number of hydrogen-bond acceptors (Lipinski definition) is 3. The van der Waals surface area contributed by atoms with E-state index in [1.807, 2.05) is 66.2 Å². The molecule has 0 aliphatic carbocycles. The molecule has 0 saturated carbocycles. The molecule has 0 bridgehead atoms. The molecule has 1 unspecified atom stereocenters. The molecule has 2 aromatic carbocycles. The maximum absolute atomic E-state index is 13.2. The maximum atomic E-state index is 13.2. The Morgan fingerprint density at radius 1 is 1.11 bits per heavy atom. The van der Waals surface area contributed by atoms with E-state index in [0.29, 0.717) is 25.3 Å². The average Bonchev–Trinajstić information content (AvgIpc) is 3.33. The van der Waals surface area contributed by atoms with E-state index in [2.05, 4.69) is 4.98 Å². The number of benzene rings is 2. The fraction of sp³-hybridized carbons (Fsp3) is 0.318. The molecule has 4 rings (SSSR count). The summed E-state index contributed by atoms with van der Waals surface area (Å²) < 4.78 is 1.91. The van der Waals surface area contributed by atoms with Gasteiger partial charge in [0.25, 0.3) is 5.91 Å². The van der Waals surface area contributed by atoms with Crippen molar-refractivity contribution < 1.29 is 9.59 Å². The topological polar surface area (TPSA) is 58.4 Å². The predicted octanol–water partition coefficient (Wildman–Crippen LogP) is 2.77. The highest BCUT2D eigenvalue weighted by Gasteiger charge is 2.36. The number of para-hydroxylation sites is 2. The fourth-order valence-corrected chi connectivity index (χ4v) is 3.95.